The minimum absolute atomic E-state index is 0.0978. The Balaban J connectivity index is 1.65. The second-order valence-electron chi connectivity index (χ2n) is 8.67. The first kappa shape index (κ1) is 19.7. The zero-order valence-electron chi connectivity index (χ0n) is 17.8. The standard InChI is InChI=1S/C26H26N2O3/c1-3-4-14-27-25(30)21-20-15-16(2)18-12-8-9-13-19(18)28(20)23(22(21)26(27)31)24(29)17-10-6-5-7-11-17/h5-13,15,20-23H,3-4,14H2,1-2H3/t20-,21+,22+,23-/m0/s1. The van der Waals surface area contributed by atoms with Gasteiger partial charge in [0.2, 0.25) is 11.8 Å². The van der Waals surface area contributed by atoms with Gasteiger partial charge in [-0.1, -0.05) is 68.0 Å². The summed E-state index contributed by atoms with van der Waals surface area (Å²) in [5.74, 6) is -1.61. The van der Waals surface area contributed by atoms with Crippen LogP contribution in [0.4, 0.5) is 5.69 Å². The molecule has 2 fully saturated rings. The number of nitrogens with zero attached hydrogens (tertiary/aromatic N) is 2. The van der Waals surface area contributed by atoms with E-state index in [9.17, 15) is 14.4 Å². The van der Waals surface area contributed by atoms with E-state index in [0.717, 1.165) is 29.7 Å². The van der Waals surface area contributed by atoms with Gasteiger partial charge in [-0.25, -0.2) is 0 Å². The van der Waals surface area contributed by atoms with Gasteiger partial charge in [-0.05, 0) is 25.0 Å². The number of anilines is 1. The summed E-state index contributed by atoms with van der Waals surface area (Å²) < 4.78 is 0. The highest BCUT2D eigenvalue weighted by molar-refractivity contribution is 6.14. The van der Waals surface area contributed by atoms with Crippen LogP contribution < -0.4 is 4.90 Å². The van der Waals surface area contributed by atoms with Crippen LogP contribution in [0.5, 0.6) is 0 Å². The maximum atomic E-state index is 13.8. The van der Waals surface area contributed by atoms with E-state index in [1.165, 1.54) is 4.90 Å². The highest BCUT2D eigenvalue weighted by Crippen LogP contribution is 2.50. The molecule has 0 saturated carbocycles. The number of benzene rings is 2. The zero-order valence-corrected chi connectivity index (χ0v) is 17.8. The molecule has 2 aromatic carbocycles. The second kappa shape index (κ2) is 7.49. The fraction of sp³-hybridized carbons (Fsp3) is 0.346. The molecule has 3 aliphatic heterocycles. The number of likely N-dealkylation sites (tertiary alicyclic amines) is 1. The molecule has 2 saturated heterocycles. The number of imide groups is 1. The van der Waals surface area contributed by atoms with Crippen LogP contribution in [0.15, 0.2) is 60.7 Å². The minimum atomic E-state index is -0.689. The molecule has 0 unspecified atom stereocenters. The van der Waals surface area contributed by atoms with E-state index in [4.69, 9.17) is 0 Å². The fourth-order valence-electron chi connectivity index (χ4n) is 5.47. The van der Waals surface area contributed by atoms with E-state index in [2.05, 4.69) is 6.08 Å². The molecule has 0 aromatic heterocycles. The lowest BCUT2D eigenvalue weighted by molar-refractivity contribution is -0.140. The van der Waals surface area contributed by atoms with Crippen LogP contribution in [0.2, 0.25) is 0 Å². The first-order valence-corrected chi connectivity index (χ1v) is 11.0. The van der Waals surface area contributed by atoms with Crippen molar-refractivity contribution in [2.45, 2.75) is 38.8 Å². The summed E-state index contributed by atoms with van der Waals surface area (Å²) in [4.78, 5) is 44.1. The van der Waals surface area contributed by atoms with Crippen molar-refractivity contribution >= 4 is 28.9 Å². The number of hydrogen-bond acceptors (Lipinski definition) is 4. The molecule has 4 atom stereocenters. The maximum Gasteiger partial charge on any atom is 0.235 e. The van der Waals surface area contributed by atoms with Crippen LogP contribution in [0.3, 0.4) is 0 Å². The summed E-state index contributed by atoms with van der Waals surface area (Å²) in [6.07, 6.45) is 3.76. The zero-order chi connectivity index (χ0) is 21.7. The molecule has 0 N–H and O–H groups in total. The average Bonchev–Trinajstić information content (AvgIpc) is 3.25. The van der Waals surface area contributed by atoms with Crippen molar-refractivity contribution < 1.29 is 14.4 Å². The second-order valence-corrected chi connectivity index (χ2v) is 8.67. The van der Waals surface area contributed by atoms with E-state index in [0.29, 0.717) is 12.1 Å². The summed E-state index contributed by atoms with van der Waals surface area (Å²) in [5, 5.41) is 0. The first-order valence-electron chi connectivity index (χ1n) is 11.0. The summed E-state index contributed by atoms with van der Waals surface area (Å²) in [6, 6.07) is 16.1. The first-order chi connectivity index (χ1) is 15.0. The van der Waals surface area contributed by atoms with Gasteiger partial charge in [0.05, 0.1) is 17.9 Å². The minimum Gasteiger partial charge on any atom is -0.352 e. The van der Waals surface area contributed by atoms with Crippen molar-refractivity contribution in [1.29, 1.82) is 0 Å². The summed E-state index contributed by atoms with van der Waals surface area (Å²) in [6.45, 7) is 4.51. The number of hydrogen-bond donors (Lipinski definition) is 0. The van der Waals surface area contributed by atoms with E-state index in [-0.39, 0.29) is 23.6 Å². The van der Waals surface area contributed by atoms with Gasteiger partial charge in [-0.2, -0.15) is 0 Å². The maximum absolute atomic E-state index is 13.8. The highest BCUT2D eigenvalue weighted by atomic mass is 16.2. The highest BCUT2D eigenvalue weighted by Gasteiger charge is 2.64. The third-order valence-electron chi connectivity index (χ3n) is 6.91. The molecule has 3 aliphatic rings. The van der Waals surface area contributed by atoms with E-state index in [1.54, 1.807) is 12.1 Å². The smallest absolute Gasteiger partial charge is 0.235 e. The normalized spacial score (nSPS) is 26.5. The predicted molar refractivity (Wildman–Crippen MR) is 120 cm³/mol. The summed E-state index contributed by atoms with van der Waals surface area (Å²) in [5.41, 5.74) is 3.63. The Labute approximate surface area is 182 Å². The third-order valence-corrected chi connectivity index (χ3v) is 6.91. The molecule has 31 heavy (non-hydrogen) atoms. The van der Waals surface area contributed by atoms with Crippen molar-refractivity contribution in [3.05, 3.63) is 71.8 Å². The van der Waals surface area contributed by atoms with Gasteiger partial charge >= 0.3 is 0 Å². The Bertz CT molecular complexity index is 1090. The number of ketones is 1. The molecule has 0 bridgehead atoms. The molecule has 0 aliphatic carbocycles. The van der Waals surface area contributed by atoms with E-state index in [1.807, 2.05) is 61.2 Å². The van der Waals surface area contributed by atoms with Crippen LogP contribution in [0, 0.1) is 11.8 Å². The van der Waals surface area contributed by atoms with Gasteiger partial charge in [0, 0.05) is 23.4 Å². The number of rotatable bonds is 5. The van der Waals surface area contributed by atoms with E-state index < -0.39 is 17.9 Å². The molecule has 0 spiro atoms. The Hall–Kier alpha value is -3.21. The SMILES string of the molecule is CCCCN1C(=O)[C@@H]2[C@H](C1=O)[C@@H]1C=C(C)c3ccccc3N1[C@@H]2C(=O)c1ccccc1. The number of para-hydroxylation sites is 1. The molecular weight excluding hydrogens is 388 g/mol. The molecule has 2 amide bonds. The fourth-order valence-corrected chi connectivity index (χ4v) is 5.47. The molecule has 5 nitrogen and oxygen atoms in total. The van der Waals surface area contributed by atoms with Crippen molar-refractivity contribution in [3.63, 3.8) is 0 Å². The van der Waals surface area contributed by atoms with Crippen molar-refractivity contribution in [3.8, 4) is 0 Å². The number of carbonyl (C=O) groups excluding carboxylic acids is 3. The van der Waals surface area contributed by atoms with Gasteiger partial charge in [0.15, 0.2) is 5.78 Å². The van der Waals surface area contributed by atoms with E-state index >= 15 is 0 Å². The quantitative estimate of drug-likeness (QED) is 0.549. The molecule has 0 radical (unpaired) electrons. The lowest BCUT2D eigenvalue weighted by atomic mass is 9.85. The average molecular weight is 415 g/mol. The monoisotopic (exact) mass is 414 g/mol. The Kier molecular flexibility index (Phi) is 4.77. The topological polar surface area (TPSA) is 57.7 Å². The van der Waals surface area contributed by atoms with Crippen LogP contribution in [-0.4, -0.2) is 41.1 Å². The van der Waals surface area contributed by atoms with Crippen molar-refractivity contribution in [2.75, 3.05) is 11.4 Å². The Morgan fingerprint density at radius 3 is 2.35 bits per heavy atom. The summed E-state index contributed by atoms with van der Waals surface area (Å²) >= 11 is 0. The number of carbonyl (C=O) groups is 3. The van der Waals surface area contributed by atoms with Crippen LogP contribution in [-0.2, 0) is 9.59 Å². The number of amides is 2. The molecule has 5 heteroatoms. The van der Waals surface area contributed by atoms with Gasteiger partial charge in [0.1, 0.15) is 6.04 Å². The van der Waals surface area contributed by atoms with Gasteiger partial charge in [-0.15, -0.1) is 0 Å². The predicted octanol–water partition coefficient (Wildman–Crippen LogP) is 3.94. The van der Waals surface area contributed by atoms with Crippen LogP contribution >= 0.6 is 0 Å². The number of unbranched alkanes of at least 4 members (excludes halogenated alkanes) is 1. The van der Waals surface area contributed by atoms with Crippen molar-refractivity contribution in [1.82, 2.24) is 4.90 Å². The number of fused-ring (bicyclic) bond motifs is 5. The largest absolute Gasteiger partial charge is 0.352 e. The molecule has 2 aromatic rings. The Morgan fingerprint density at radius 1 is 0.935 bits per heavy atom. The molecule has 3 heterocycles. The lowest BCUT2D eigenvalue weighted by Crippen LogP contribution is -2.49. The van der Waals surface area contributed by atoms with Crippen LogP contribution in [0.1, 0.15) is 42.6 Å². The number of Topliss-reactive ketones (excluding diaryl/α,β-unsaturated/α-hetero) is 1. The molecule has 5 rings (SSSR count). The van der Waals surface area contributed by atoms with Gasteiger partial charge in [-0.3, -0.25) is 19.3 Å². The van der Waals surface area contributed by atoms with Gasteiger partial charge < -0.3 is 4.90 Å². The van der Waals surface area contributed by atoms with Crippen molar-refractivity contribution in [2.24, 2.45) is 11.8 Å². The van der Waals surface area contributed by atoms with Gasteiger partial charge in [0.25, 0.3) is 0 Å². The van der Waals surface area contributed by atoms with Crippen LogP contribution in [0.25, 0.3) is 5.57 Å². The third kappa shape index (κ3) is 2.87. The lowest BCUT2D eigenvalue weighted by Gasteiger charge is -2.38. The molecule has 158 valence electrons. The number of allylic oxidation sites excluding steroid dienone is 1. The summed E-state index contributed by atoms with van der Waals surface area (Å²) in [7, 11) is 0. The Morgan fingerprint density at radius 2 is 1.61 bits per heavy atom. The molecular formula is C26H26N2O3.